The van der Waals surface area contributed by atoms with Crippen molar-refractivity contribution in [1.29, 1.82) is 0 Å². The Labute approximate surface area is 87.9 Å². The average Bonchev–Trinajstić information content (AvgIpc) is 2.66. The summed E-state index contributed by atoms with van der Waals surface area (Å²) >= 11 is 0. The Kier molecular flexibility index (Phi) is 4.03. The number of hydrogen-bond acceptors (Lipinski definition) is 4. The van der Waals surface area contributed by atoms with Crippen LogP contribution < -0.4 is 0 Å². The van der Waals surface area contributed by atoms with Gasteiger partial charge in [0.2, 0.25) is 0 Å². The van der Waals surface area contributed by atoms with Gasteiger partial charge in [-0.05, 0) is 13.8 Å². The van der Waals surface area contributed by atoms with Crippen molar-refractivity contribution in [3.63, 3.8) is 0 Å². The first kappa shape index (κ1) is 11.4. The van der Waals surface area contributed by atoms with Gasteiger partial charge in [0, 0.05) is 18.3 Å². The highest BCUT2D eigenvalue weighted by atomic mass is 16.5. The number of ketones is 1. The SMILES string of the molecule is CCOC(=O)C(Cc1cnc[nH]1)C(C)=O. The zero-order valence-corrected chi connectivity index (χ0v) is 8.82. The van der Waals surface area contributed by atoms with Gasteiger partial charge in [-0.15, -0.1) is 0 Å². The number of esters is 1. The highest BCUT2D eigenvalue weighted by molar-refractivity contribution is 5.97. The van der Waals surface area contributed by atoms with Crippen LogP contribution in [-0.4, -0.2) is 28.3 Å². The average molecular weight is 210 g/mol. The van der Waals surface area contributed by atoms with E-state index < -0.39 is 11.9 Å². The van der Waals surface area contributed by atoms with E-state index in [0.717, 1.165) is 5.69 Å². The van der Waals surface area contributed by atoms with Crippen LogP contribution in [0.2, 0.25) is 0 Å². The second-order valence-electron chi connectivity index (χ2n) is 3.20. The fraction of sp³-hybridized carbons (Fsp3) is 0.500. The lowest BCUT2D eigenvalue weighted by Gasteiger charge is -2.10. The van der Waals surface area contributed by atoms with Crippen molar-refractivity contribution in [1.82, 2.24) is 9.97 Å². The maximum atomic E-state index is 11.4. The van der Waals surface area contributed by atoms with Crippen molar-refractivity contribution in [2.75, 3.05) is 6.61 Å². The third-order valence-corrected chi connectivity index (χ3v) is 2.04. The summed E-state index contributed by atoms with van der Waals surface area (Å²) in [7, 11) is 0. The second-order valence-corrected chi connectivity index (χ2v) is 3.20. The van der Waals surface area contributed by atoms with Gasteiger partial charge < -0.3 is 9.72 Å². The minimum Gasteiger partial charge on any atom is -0.465 e. The van der Waals surface area contributed by atoms with Crippen LogP contribution in [0.1, 0.15) is 19.5 Å². The summed E-state index contributed by atoms with van der Waals surface area (Å²) in [6.45, 7) is 3.38. The van der Waals surface area contributed by atoms with Crippen molar-refractivity contribution < 1.29 is 14.3 Å². The van der Waals surface area contributed by atoms with Gasteiger partial charge in [-0.25, -0.2) is 4.98 Å². The molecule has 0 spiro atoms. The number of nitrogens with zero attached hydrogens (tertiary/aromatic N) is 1. The Morgan fingerprint density at radius 3 is 2.80 bits per heavy atom. The Hall–Kier alpha value is -1.65. The molecule has 1 N–H and O–H groups in total. The molecule has 0 aliphatic rings. The predicted molar refractivity (Wildman–Crippen MR) is 53.1 cm³/mol. The van der Waals surface area contributed by atoms with Gasteiger partial charge in [-0.1, -0.05) is 0 Å². The molecule has 1 rings (SSSR count). The number of imidazole rings is 1. The van der Waals surface area contributed by atoms with E-state index in [0.29, 0.717) is 6.42 Å². The molecule has 5 heteroatoms. The number of rotatable bonds is 5. The molecule has 0 saturated heterocycles. The largest absolute Gasteiger partial charge is 0.465 e. The number of carbonyl (C=O) groups is 2. The highest BCUT2D eigenvalue weighted by Crippen LogP contribution is 2.09. The Bertz CT molecular complexity index is 332. The summed E-state index contributed by atoms with van der Waals surface area (Å²) in [5.41, 5.74) is 0.753. The summed E-state index contributed by atoms with van der Waals surface area (Å²) in [6.07, 6.45) is 3.42. The quantitative estimate of drug-likeness (QED) is 0.574. The van der Waals surface area contributed by atoms with Gasteiger partial charge in [0.1, 0.15) is 11.7 Å². The summed E-state index contributed by atoms with van der Waals surface area (Å²) in [6, 6.07) is 0. The molecular formula is C10H14N2O3. The number of Topliss-reactive ketones (excluding diaryl/α,β-unsaturated/α-hetero) is 1. The van der Waals surface area contributed by atoms with Crippen LogP contribution in [0.25, 0.3) is 0 Å². The monoisotopic (exact) mass is 210 g/mol. The van der Waals surface area contributed by atoms with Crippen LogP contribution in [0.5, 0.6) is 0 Å². The molecular weight excluding hydrogens is 196 g/mol. The van der Waals surface area contributed by atoms with Crippen LogP contribution in [0.4, 0.5) is 0 Å². The van der Waals surface area contributed by atoms with Crippen molar-refractivity contribution in [2.24, 2.45) is 5.92 Å². The lowest BCUT2D eigenvalue weighted by atomic mass is 10.00. The zero-order chi connectivity index (χ0) is 11.3. The summed E-state index contributed by atoms with van der Waals surface area (Å²) in [4.78, 5) is 29.4. The number of H-pyrrole nitrogens is 1. The van der Waals surface area contributed by atoms with Gasteiger partial charge in [0.15, 0.2) is 0 Å². The van der Waals surface area contributed by atoms with E-state index in [1.54, 1.807) is 13.1 Å². The Morgan fingerprint density at radius 2 is 2.33 bits per heavy atom. The molecule has 1 unspecified atom stereocenters. The normalized spacial score (nSPS) is 12.1. The minimum absolute atomic E-state index is 0.192. The predicted octanol–water partition coefficient (Wildman–Crippen LogP) is 0.721. The standard InChI is InChI=1S/C10H14N2O3/c1-3-15-10(14)9(7(2)13)4-8-5-11-6-12-8/h5-6,9H,3-4H2,1-2H3,(H,11,12). The number of aromatic amines is 1. The molecule has 0 fully saturated rings. The van der Waals surface area contributed by atoms with Gasteiger partial charge in [0.05, 0.1) is 12.9 Å². The molecule has 0 radical (unpaired) electrons. The van der Waals surface area contributed by atoms with E-state index >= 15 is 0 Å². The van der Waals surface area contributed by atoms with E-state index in [1.807, 2.05) is 0 Å². The van der Waals surface area contributed by atoms with E-state index in [1.165, 1.54) is 13.3 Å². The molecule has 15 heavy (non-hydrogen) atoms. The maximum Gasteiger partial charge on any atom is 0.316 e. The first-order valence-electron chi connectivity index (χ1n) is 4.79. The van der Waals surface area contributed by atoms with E-state index in [2.05, 4.69) is 9.97 Å². The molecule has 1 aromatic rings. The molecule has 0 aromatic carbocycles. The number of carbonyl (C=O) groups excluding carboxylic acids is 2. The fourth-order valence-electron chi connectivity index (χ4n) is 1.25. The molecule has 0 aliphatic carbocycles. The highest BCUT2D eigenvalue weighted by Gasteiger charge is 2.25. The molecule has 0 aliphatic heterocycles. The lowest BCUT2D eigenvalue weighted by Crippen LogP contribution is -2.26. The van der Waals surface area contributed by atoms with Crippen LogP contribution in [0.3, 0.4) is 0 Å². The van der Waals surface area contributed by atoms with Crippen molar-refractivity contribution in [2.45, 2.75) is 20.3 Å². The summed E-state index contributed by atoms with van der Waals surface area (Å²) in [5, 5.41) is 0. The zero-order valence-electron chi connectivity index (χ0n) is 8.82. The van der Waals surface area contributed by atoms with Crippen molar-refractivity contribution in [3.8, 4) is 0 Å². The third-order valence-electron chi connectivity index (χ3n) is 2.04. The molecule has 1 heterocycles. The third kappa shape index (κ3) is 3.19. The van der Waals surface area contributed by atoms with Crippen LogP contribution >= 0.6 is 0 Å². The van der Waals surface area contributed by atoms with Crippen LogP contribution in [0, 0.1) is 5.92 Å². The molecule has 0 bridgehead atoms. The van der Waals surface area contributed by atoms with Gasteiger partial charge in [0.25, 0.3) is 0 Å². The van der Waals surface area contributed by atoms with Crippen molar-refractivity contribution >= 4 is 11.8 Å². The molecule has 1 aromatic heterocycles. The Morgan fingerprint density at radius 1 is 1.60 bits per heavy atom. The fourth-order valence-corrected chi connectivity index (χ4v) is 1.25. The number of nitrogens with one attached hydrogen (secondary N) is 1. The van der Waals surface area contributed by atoms with E-state index in [-0.39, 0.29) is 12.4 Å². The first-order chi connectivity index (χ1) is 7.15. The Balaban J connectivity index is 2.66. The van der Waals surface area contributed by atoms with Crippen LogP contribution in [0.15, 0.2) is 12.5 Å². The summed E-state index contributed by atoms with van der Waals surface area (Å²) in [5.74, 6) is -1.40. The molecule has 82 valence electrons. The van der Waals surface area contributed by atoms with Crippen LogP contribution in [-0.2, 0) is 20.7 Å². The van der Waals surface area contributed by atoms with Gasteiger partial charge >= 0.3 is 5.97 Å². The molecule has 0 saturated carbocycles. The molecule has 1 atom stereocenters. The number of ether oxygens (including phenoxy) is 1. The molecule has 5 nitrogen and oxygen atoms in total. The van der Waals surface area contributed by atoms with Gasteiger partial charge in [-0.3, -0.25) is 9.59 Å². The lowest BCUT2D eigenvalue weighted by molar-refractivity contribution is -0.151. The summed E-state index contributed by atoms with van der Waals surface area (Å²) < 4.78 is 4.82. The van der Waals surface area contributed by atoms with Gasteiger partial charge in [-0.2, -0.15) is 0 Å². The van der Waals surface area contributed by atoms with E-state index in [4.69, 9.17) is 4.74 Å². The topological polar surface area (TPSA) is 72.0 Å². The molecule has 0 amide bonds. The maximum absolute atomic E-state index is 11.4. The van der Waals surface area contributed by atoms with E-state index in [9.17, 15) is 9.59 Å². The first-order valence-corrected chi connectivity index (χ1v) is 4.79. The van der Waals surface area contributed by atoms with Crippen molar-refractivity contribution in [3.05, 3.63) is 18.2 Å². The number of hydrogen-bond donors (Lipinski definition) is 1. The second kappa shape index (κ2) is 5.29. The minimum atomic E-state index is -0.731. The number of aromatic nitrogens is 2. The smallest absolute Gasteiger partial charge is 0.316 e.